The Morgan fingerprint density at radius 3 is 2.58 bits per heavy atom. The predicted octanol–water partition coefficient (Wildman–Crippen LogP) is 0.163. The number of nitrogens with one attached hydrogen (secondary N) is 1. The minimum Gasteiger partial charge on any atom is -0.477 e. The van der Waals surface area contributed by atoms with E-state index in [-0.39, 0.29) is 23.2 Å². The van der Waals surface area contributed by atoms with Crippen molar-refractivity contribution in [3.05, 3.63) is 18.0 Å². The number of carbonyl (C=O) groups is 1. The van der Waals surface area contributed by atoms with Gasteiger partial charge in [-0.3, -0.25) is 0 Å². The van der Waals surface area contributed by atoms with Crippen molar-refractivity contribution in [2.24, 2.45) is 7.05 Å². The van der Waals surface area contributed by atoms with E-state index in [0.717, 1.165) is 6.07 Å². The molecule has 1 atom stereocenters. The van der Waals surface area contributed by atoms with Crippen LogP contribution in [-0.4, -0.2) is 41.8 Å². The summed E-state index contributed by atoms with van der Waals surface area (Å²) in [6.07, 6.45) is 2.10. The van der Waals surface area contributed by atoms with Gasteiger partial charge in [-0.2, -0.15) is 0 Å². The van der Waals surface area contributed by atoms with Crippen LogP contribution in [0.5, 0.6) is 0 Å². The quantitative estimate of drug-likeness (QED) is 0.663. The summed E-state index contributed by atoms with van der Waals surface area (Å²) >= 11 is 0. The summed E-state index contributed by atoms with van der Waals surface area (Å²) in [5, 5.41) is 17.7. The molecule has 1 heterocycles. The van der Waals surface area contributed by atoms with E-state index in [1.165, 1.54) is 17.8 Å². The van der Waals surface area contributed by atoms with Crippen molar-refractivity contribution in [3.8, 4) is 0 Å². The van der Waals surface area contributed by atoms with Crippen LogP contribution in [0.4, 0.5) is 0 Å². The zero-order chi connectivity index (χ0) is 14.6. The number of aromatic carboxylic acids is 1. The van der Waals surface area contributed by atoms with Crippen molar-refractivity contribution < 1.29 is 23.4 Å². The average molecular weight is 290 g/mol. The molecular formula is C11H18N2O5S. The first-order chi connectivity index (χ1) is 8.81. The fourth-order valence-corrected chi connectivity index (χ4v) is 3.11. The highest BCUT2D eigenvalue weighted by atomic mass is 32.2. The maximum Gasteiger partial charge on any atom is 0.352 e. The minimum absolute atomic E-state index is 0.0937. The Bertz CT molecular complexity index is 549. The number of hydrogen-bond donors (Lipinski definition) is 3. The summed E-state index contributed by atoms with van der Waals surface area (Å²) in [6.45, 7) is 1.69. The topological polar surface area (TPSA) is 109 Å². The Labute approximate surface area is 111 Å². The molecule has 0 amide bonds. The lowest BCUT2D eigenvalue weighted by molar-refractivity contribution is 0.0686. The first-order valence-corrected chi connectivity index (χ1v) is 7.33. The number of carboxylic acid groups (broad SMARTS) is 1. The minimum atomic E-state index is -3.77. The molecule has 3 N–H and O–H groups in total. The van der Waals surface area contributed by atoms with Crippen LogP contribution in [-0.2, 0) is 17.1 Å². The smallest absolute Gasteiger partial charge is 0.352 e. The van der Waals surface area contributed by atoms with Gasteiger partial charge in [0.05, 0.1) is 0 Å². The molecular weight excluding hydrogens is 272 g/mol. The van der Waals surface area contributed by atoms with E-state index in [2.05, 4.69) is 4.72 Å². The van der Waals surface area contributed by atoms with Crippen LogP contribution >= 0.6 is 0 Å². The number of hydrogen-bond acceptors (Lipinski definition) is 4. The van der Waals surface area contributed by atoms with Gasteiger partial charge in [-0.25, -0.2) is 17.9 Å². The fraction of sp³-hybridized carbons (Fsp3) is 0.545. The van der Waals surface area contributed by atoms with Crippen molar-refractivity contribution in [1.29, 1.82) is 0 Å². The summed E-state index contributed by atoms with van der Waals surface area (Å²) in [4.78, 5) is 10.8. The average Bonchev–Trinajstić information content (AvgIpc) is 2.71. The molecule has 1 rings (SSSR count). The molecule has 1 aromatic rings. The molecule has 108 valence electrons. The van der Waals surface area contributed by atoms with Crippen LogP contribution < -0.4 is 4.72 Å². The molecule has 0 radical (unpaired) electrons. The van der Waals surface area contributed by atoms with Crippen molar-refractivity contribution >= 4 is 16.0 Å². The summed E-state index contributed by atoms with van der Waals surface area (Å²) < 4.78 is 27.8. The lowest BCUT2D eigenvalue weighted by Gasteiger charge is -2.14. The van der Waals surface area contributed by atoms with Gasteiger partial charge >= 0.3 is 5.97 Å². The molecule has 0 aliphatic rings. The van der Waals surface area contributed by atoms with Crippen molar-refractivity contribution in [1.82, 2.24) is 9.29 Å². The number of aliphatic hydroxyl groups is 1. The van der Waals surface area contributed by atoms with Crippen molar-refractivity contribution in [2.45, 2.75) is 30.7 Å². The summed E-state index contributed by atoms with van der Waals surface area (Å²) in [7, 11) is -2.31. The van der Waals surface area contributed by atoms with Crippen LogP contribution in [0, 0.1) is 0 Å². The standard InChI is InChI=1S/C11H18N2O5S/c1-3-8(4-5-14)12-19(17,18)9-6-10(11(15)16)13(2)7-9/h6-8,12,14H,3-5H2,1-2H3,(H,15,16). The molecule has 7 nitrogen and oxygen atoms in total. The van der Waals surface area contributed by atoms with Crippen LogP contribution in [0.3, 0.4) is 0 Å². The van der Waals surface area contributed by atoms with E-state index in [1.54, 1.807) is 6.92 Å². The molecule has 0 fully saturated rings. The number of sulfonamides is 1. The van der Waals surface area contributed by atoms with E-state index < -0.39 is 16.0 Å². The SMILES string of the molecule is CCC(CCO)NS(=O)(=O)c1cc(C(=O)O)n(C)c1. The maximum absolute atomic E-state index is 12.1. The molecule has 19 heavy (non-hydrogen) atoms. The molecule has 0 bridgehead atoms. The number of nitrogens with zero attached hydrogens (tertiary/aromatic N) is 1. The van der Waals surface area contributed by atoms with E-state index in [0.29, 0.717) is 12.8 Å². The molecule has 0 aromatic carbocycles. The van der Waals surface area contributed by atoms with Gasteiger partial charge in [0.25, 0.3) is 0 Å². The monoisotopic (exact) mass is 290 g/mol. The number of aromatic nitrogens is 1. The highest BCUT2D eigenvalue weighted by molar-refractivity contribution is 7.89. The Kier molecular flexibility index (Phi) is 5.10. The van der Waals surface area contributed by atoms with Gasteiger partial charge in [0, 0.05) is 25.9 Å². The van der Waals surface area contributed by atoms with Crippen molar-refractivity contribution in [3.63, 3.8) is 0 Å². The van der Waals surface area contributed by atoms with Gasteiger partial charge in [-0.1, -0.05) is 6.92 Å². The highest BCUT2D eigenvalue weighted by Gasteiger charge is 2.22. The fourth-order valence-electron chi connectivity index (χ4n) is 1.68. The van der Waals surface area contributed by atoms with Gasteiger partial charge in [0.15, 0.2) is 0 Å². The third-order valence-corrected chi connectivity index (χ3v) is 4.29. The largest absolute Gasteiger partial charge is 0.477 e. The van der Waals surface area contributed by atoms with Gasteiger partial charge in [0.1, 0.15) is 10.6 Å². The summed E-state index contributed by atoms with van der Waals surface area (Å²) in [5.74, 6) is -1.19. The van der Waals surface area contributed by atoms with Gasteiger partial charge < -0.3 is 14.8 Å². The number of aryl methyl sites for hydroxylation is 1. The molecule has 0 aliphatic carbocycles. The molecule has 0 saturated heterocycles. The Balaban J connectivity index is 3.00. The van der Waals surface area contributed by atoms with E-state index in [1.807, 2.05) is 0 Å². The zero-order valence-corrected chi connectivity index (χ0v) is 11.6. The second-order valence-corrected chi connectivity index (χ2v) is 5.93. The number of rotatable bonds is 7. The van der Waals surface area contributed by atoms with Crippen LogP contribution in [0.1, 0.15) is 30.3 Å². The highest BCUT2D eigenvalue weighted by Crippen LogP contribution is 2.15. The lowest BCUT2D eigenvalue weighted by Crippen LogP contribution is -2.34. The summed E-state index contributed by atoms with van der Waals surface area (Å²) in [6, 6.07) is 0.736. The van der Waals surface area contributed by atoms with Crippen LogP contribution in [0.25, 0.3) is 0 Å². The summed E-state index contributed by atoms with van der Waals surface area (Å²) in [5.41, 5.74) is -0.101. The Hall–Kier alpha value is -1.38. The third kappa shape index (κ3) is 3.79. The second-order valence-electron chi connectivity index (χ2n) is 4.22. The molecule has 0 saturated carbocycles. The molecule has 1 unspecified atom stereocenters. The normalized spacial score (nSPS) is 13.4. The van der Waals surface area contributed by atoms with Crippen LogP contribution in [0.2, 0.25) is 0 Å². The molecule has 0 spiro atoms. The first kappa shape index (κ1) is 15.7. The lowest BCUT2D eigenvalue weighted by atomic mass is 10.2. The van der Waals surface area contributed by atoms with Crippen molar-refractivity contribution in [2.75, 3.05) is 6.61 Å². The molecule has 0 aliphatic heterocycles. The molecule has 8 heteroatoms. The Morgan fingerprint density at radius 1 is 1.53 bits per heavy atom. The number of aliphatic hydroxyl groups excluding tert-OH is 1. The third-order valence-electron chi connectivity index (χ3n) is 2.80. The van der Waals surface area contributed by atoms with E-state index in [9.17, 15) is 13.2 Å². The van der Waals surface area contributed by atoms with Crippen LogP contribution in [0.15, 0.2) is 17.2 Å². The predicted molar refractivity (Wildman–Crippen MR) is 68.5 cm³/mol. The van der Waals surface area contributed by atoms with E-state index in [4.69, 9.17) is 10.2 Å². The number of carboxylic acids is 1. The maximum atomic E-state index is 12.1. The van der Waals surface area contributed by atoms with E-state index >= 15 is 0 Å². The molecule has 1 aromatic heterocycles. The second kappa shape index (κ2) is 6.18. The van der Waals surface area contributed by atoms with Gasteiger partial charge in [-0.15, -0.1) is 0 Å². The first-order valence-electron chi connectivity index (χ1n) is 5.84. The van der Waals surface area contributed by atoms with Gasteiger partial charge in [-0.05, 0) is 18.9 Å². The van der Waals surface area contributed by atoms with Gasteiger partial charge in [0.2, 0.25) is 10.0 Å². The Morgan fingerprint density at radius 2 is 2.16 bits per heavy atom. The zero-order valence-electron chi connectivity index (χ0n) is 10.8.